The molecule has 0 aliphatic carbocycles. The first-order valence-electron chi connectivity index (χ1n) is 6.32. The van der Waals surface area contributed by atoms with Gasteiger partial charge in [0.05, 0.1) is 17.7 Å². The normalized spacial score (nSPS) is 12.1. The molecule has 1 unspecified atom stereocenters. The third kappa shape index (κ3) is 3.90. The highest BCUT2D eigenvalue weighted by atomic mass is 15.1. The average Bonchev–Trinajstić information content (AvgIpc) is 2.47. The van der Waals surface area contributed by atoms with E-state index in [1.165, 1.54) is 0 Å². The van der Waals surface area contributed by atoms with E-state index in [2.05, 4.69) is 16.0 Å². The van der Waals surface area contributed by atoms with Gasteiger partial charge in [-0.2, -0.15) is 5.26 Å². The Kier molecular flexibility index (Phi) is 4.66. The molecule has 0 fully saturated rings. The van der Waals surface area contributed by atoms with Gasteiger partial charge in [-0.15, -0.1) is 0 Å². The number of rotatable bonds is 5. The van der Waals surface area contributed by atoms with Crippen molar-refractivity contribution in [2.75, 3.05) is 13.6 Å². The molecule has 0 N–H and O–H groups in total. The Morgan fingerprint density at radius 3 is 2.53 bits per heavy atom. The zero-order valence-electron chi connectivity index (χ0n) is 11.0. The summed E-state index contributed by atoms with van der Waals surface area (Å²) in [6.45, 7) is 1.46. The fourth-order valence-corrected chi connectivity index (χ4v) is 2.05. The largest absolute Gasteiger partial charge is 0.299 e. The molecule has 0 spiro atoms. The molecule has 0 radical (unpaired) electrons. The standard InChI is InChI=1S/C16H17N3/c1-19(13-16-9-5-6-10-18-16)12-15(11-17)14-7-3-2-4-8-14/h2-10,15H,12-13H2,1H3. The van der Waals surface area contributed by atoms with E-state index in [0.29, 0.717) is 6.54 Å². The Bertz CT molecular complexity index is 531. The van der Waals surface area contributed by atoms with Gasteiger partial charge in [0.2, 0.25) is 0 Å². The number of hydrogen-bond acceptors (Lipinski definition) is 3. The second-order valence-electron chi connectivity index (χ2n) is 4.61. The third-order valence-electron chi connectivity index (χ3n) is 3.01. The fraction of sp³-hybridized carbons (Fsp3) is 0.250. The van der Waals surface area contributed by atoms with E-state index in [-0.39, 0.29) is 5.92 Å². The monoisotopic (exact) mass is 251 g/mol. The molecule has 96 valence electrons. The Morgan fingerprint density at radius 2 is 1.89 bits per heavy atom. The molecule has 2 rings (SSSR count). The van der Waals surface area contributed by atoms with Crippen molar-refractivity contribution in [3.05, 3.63) is 66.0 Å². The highest BCUT2D eigenvalue weighted by Crippen LogP contribution is 2.16. The molecule has 0 saturated carbocycles. The molecule has 1 atom stereocenters. The second-order valence-corrected chi connectivity index (χ2v) is 4.61. The minimum absolute atomic E-state index is 0.102. The molecule has 0 amide bonds. The lowest BCUT2D eigenvalue weighted by atomic mass is 10.0. The van der Waals surface area contributed by atoms with Crippen molar-refractivity contribution in [2.24, 2.45) is 0 Å². The summed E-state index contributed by atoms with van der Waals surface area (Å²) in [6, 6.07) is 18.2. The molecule has 19 heavy (non-hydrogen) atoms. The molecular formula is C16H17N3. The zero-order chi connectivity index (χ0) is 13.5. The molecule has 1 aromatic carbocycles. The first-order chi connectivity index (χ1) is 9.29. The van der Waals surface area contributed by atoms with Gasteiger partial charge in [-0.25, -0.2) is 0 Å². The summed E-state index contributed by atoms with van der Waals surface area (Å²) in [6.07, 6.45) is 1.79. The summed E-state index contributed by atoms with van der Waals surface area (Å²) in [5.74, 6) is -0.102. The molecular weight excluding hydrogens is 234 g/mol. The Balaban J connectivity index is 1.98. The smallest absolute Gasteiger partial charge is 0.0839 e. The average molecular weight is 251 g/mol. The number of benzene rings is 1. The van der Waals surface area contributed by atoms with E-state index in [0.717, 1.165) is 17.8 Å². The van der Waals surface area contributed by atoms with Crippen molar-refractivity contribution in [1.29, 1.82) is 5.26 Å². The van der Waals surface area contributed by atoms with Gasteiger partial charge < -0.3 is 0 Å². The van der Waals surface area contributed by atoms with Crippen LogP contribution in [0, 0.1) is 11.3 Å². The third-order valence-corrected chi connectivity index (χ3v) is 3.01. The van der Waals surface area contributed by atoms with Crippen LogP contribution in [0.4, 0.5) is 0 Å². The summed E-state index contributed by atoms with van der Waals surface area (Å²) in [7, 11) is 2.02. The molecule has 3 nitrogen and oxygen atoms in total. The SMILES string of the molecule is CN(Cc1ccccn1)CC(C#N)c1ccccc1. The Morgan fingerprint density at radius 1 is 1.16 bits per heavy atom. The van der Waals surface area contributed by atoms with E-state index in [1.54, 1.807) is 6.20 Å². The van der Waals surface area contributed by atoms with Crippen LogP contribution in [0.5, 0.6) is 0 Å². The fourth-order valence-electron chi connectivity index (χ4n) is 2.05. The van der Waals surface area contributed by atoms with Gasteiger partial charge in [0.25, 0.3) is 0 Å². The summed E-state index contributed by atoms with van der Waals surface area (Å²) >= 11 is 0. The molecule has 0 saturated heterocycles. The Labute approximate surface area is 114 Å². The topological polar surface area (TPSA) is 39.9 Å². The van der Waals surface area contributed by atoms with Crippen LogP contribution in [0.2, 0.25) is 0 Å². The quantitative estimate of drug-likeness (QED) is 0.820. The maximum atomic E-state index is 9.30. The summed E-state index contributed by atoms with van der Waals surface area (Å²) in [5, 5.41) is 9.30. The lowest BCUT2D eigenvalue weighted by molar-refractivity contribution is 0.316. The molecule has 0 aliphatic heterocycles. The summed E-state index contributed by atoms with van der Waals surface area (Å²) in [4.78, 5) is 6.43. The van der Waals surface area contributed by atoms with Crippen LogP contribution in [0.25, 0.3) is 0 Å². The van der Waals surface area contributed by atoms with Crippen LogP contribution in [0.15, 0.2) is 54.7 Å². The number of hydrogen-bond donors (Lipinski definition) is 0. The maximum absolute atomic E-state index is 9.30. The van der Waals surface area contributed by atoms with Crippen LogP contribution in [0.3, 0.4) is 0 Å². The lowest BCUT2D eigenvalue weighted by Gasteiger charge is -2.19. The van der Waals surface area contributed by atoms with Gasteiger partial charge in [-0.05, 0) is 24.7 Å². The van der Waals surface area contributed by atoms with E-state index < -0.39 is 0 Å². The summed E-state index contributed by atoms with van der Waals surface area (Å²) in [5.41, 5.74) is 2.09. The number of aromatic nitrogens is 1. The predicted molar refractivity (Wildman–Crippen MR) is 75.4 cm³/mol. The van der Waals surface area contributed by atoms with E-state index in [1.807, 2.05) is 55.6 Å². The van der Waals surface area contributed by atoms with Crippen molar-refractivity contribution in [1.82, 2.24) is 9.88 Å². The maximum Gasteiger partial charge on any atom is 0.0839 e. The zero-order valence-corrected chi connectivity index (χ0v) is 11.0. The molecule has 0 bridgehead atoms. The highest BCUT2D eigenvalue weighted by molar-refractivity contribution is 5.25. The molecule has 3 heteroatoms. The molecule has 0 aliphatic rings. The van der Waals surface area contributed by atoms with Gasteiger partial charge >= 0.3 is 0 Å². The molecule has 1 heterocycles. The van der Waals surface area contributed by atoms with Gasteiger partial charge in [-0.1, -0.05) is 36.4 Å². The van der Waals surface area contributed by atoms with Gasteiger partial charge in [0, 0.05) is 19.3 Å². The summed E-state index contributed by atoms with van der Waals surface area (Å²) < 4.78 is 0. The lowest BCUT2D eigenvalue weighted by Crippen LogP contribution is -2.24. The van der Waals surface area contributed by atoms with Crippen molar-refractivity contribution in [2.45, 2.75) is 12.5 Å². The Hall–Kier alpha value is -2.18. The first-order valence-corrected chi connectivity index (χ1v) is 6.32. The molecule has 2 aromatic rings. The van der Waals surface area contributed by atoms with E-state index in [4.69, 9.17) is 0 Å². The van der Waals surface area contributed by atoms with Crippen LogP contribution in [0.1, 0.15) is 17.2 Å². The minimum atomic E-state index is -0.102. The van der Waals surface area contributed by atoms with Crippen LogP contribution in [-0.2, 0) is 6.54 Å². The second kappa shape index (κ2) is 6.67. The molecule has 1 aromatic heterocycles. The predicted octanol–water partition coefficient (Wildman–Crippen LogP) is 2.82. The highest BCUT2D eigenvalue weighted by Gasteiger charge is 2.13. The van der Waals surface area contributed by atoms with Crippen LogP contribution < -0.4 is 0 Å². The van der Waals surface area contributed by atoms with Gasteiger partial charge in [0.1, 0.15) is 0 Å². The minimum Gasteiger partial charge on any atom is -0.299 e. The number of nitrogens with zero attached hydrogens (tertiary/aromatic N) is 3. The van der Waals surface area contributed by atoms with Gasteiger partial charge in [0.15, 0.2) is 0 Å². The van der Waals surface area contributed by atoms with E-state index >= 15 is 0 Å². The van der Waals surface area contributed by atoms with Crippen LogP contribution in [-0.4, -0.2) is 23.5 Å². The number of nitriles is 1. The van der Waals surface area contributed by atoms with Gasteiger partial charge in [-0.3, -0.25) is 9.88 Å². The van der Waals surface area contributed by atoms with Crippen LogP contribution >= 0.6 is 0 Å². The van der Waals surface area contributed by atoms with Crippen molar-refractivity contribution in [3.8, 4) is 6.07 Å². The van der Waals surface area contributed by atoms with E-state index in [9.17, 15) is 5.26 Å². The van der Waals surface area contributed by atoms with Crippen molar-refractivity contribution >= 4 is 0 Å². The van der Waals surface area contributed by atoms with Crippen molar-refractivity contribution in [3.63, 3.8) is 0 Å². The van der Waals surface area contributed by atoms with Crippen molar-refractivity contribution < 1.29 is 0 Å². The number of likely N-dealkylation sites (N-methyl/N-ethyl adjacent to an activating group) is 1. The first kappa shape index (κ1) is 13.3. The number of pyridine rings is 1.